The highest BCUT2D eigenvalue weighted by Crippen LogP contribution is 2.18. The highest BCUT2D eigenvalue weighted by Gasteiger charge is 2.13. The van der Waals surface area contributed by atoms with E-state index in [0.717, 1.165) is 22.2 Å². The Hall–Kier alpha value is -1.94. The van der Waals surface area contributed by atoms with Gasteiger partial charge in [-0.05, 0) is 50.8 Å². The van der Waals surface area contributed by atoms with Gasteiger partial charge in [0.2, 0.25) is 0 Å². The van der Waals surface area contributed by atoms with E-state index < -0.39 is 0 Å². The van der Waals surface area contributed by atoms with Crippen LogP contribution in [0, 0.1) is 19.8 Å². The van der Waals surface area contributed by atoms with Gasteiger partial charge in [0.05, 0.1) is 22.9 Å². The first-order valence-corrected chi connectivity index (χ1v) is 7.71. The molecule has 4 heteroatoms. The summed E-state index contributed by atoms with van der Waals surface area (Å²) in [4.78, 5) is 16.9. The van der Waals surface area contributed by atoms with Gasteiger partial charge >= 0.3 is 0 Å². The molecule has 1 aromatic carbocycles. The van der Waals surface area contributed by atoms with Crippen LogP contribution in [-0.4, -0.2) is 28.6 Å². The normalized spacial score (nSPS) is 13.9. The minimum absolute atomic E-state index is 0.107. The summed E-state index contributed by atoms with van der Waals surface area (Å²) < 4.78 is 0. The first kappa shape index (κ1) is 16.4. The van der Waals surface area contributed by atoms with Crippen LogP contribution < -0.4 is 5.32 Å². The molecule has 0 bridgehead atoms. The number of carbonyl (C=O) groups excluding carboxylic acids is 1. The molecule has 0 spiro atoms. The van der Waals surface area contributed by atoms with Gasteiger partial charge in [-0.1, -0.05) is 19.1 Å². The lowest BCUT2D eigenvalue weighted by Gasteiger charge is -2.15. The van der Waals surface area contributed by atoms with Crippen LogP contribution in [0.15, 0.2) is 24.3 Å². The van der Waals surface area contributed by atoms with Crippen LogP contribution in [0.25, 0.3) is 10.9 Å². The average Bonchev–Trinajstić information content (AvgIpc) is 2.43. The lowest BCUT2D eigenvalue weighted by molar-refractivity contribution is 0.0938. The van der Waals surface area contributed by atoms with Gasteiger partial charge in [-0.2, -0.15) is 0 Å². The van der Waals surface area contributed by atoms with E-state index in [-0.39, 0.29) is 17.9 Å². The summed E-state index contributed by atoms with van der Waals surface area (Å²) in [6.07, 6.45) is 0.327. The van der Waals surface area contributed by atoms with Crippen molar-refractivity contribution >= 4 is 16.8 Å². The maximum atomic E-state index is 12.4. The third-order valence-electron chi connectivity index (χ3n) is 3.76. The van der Waals surface area contributed by atoms with Crippen molar-refractivity contribution in [3.05, 3.63) is 41.1 Å². The van der Waals surface area contributed by atoms with Crippen LogP contribution in [0.3, 0.4) is 0 Å². The highest BCUT2D eigenvalue weighted by atomic mass is 16.3. The summed E-state index contributed by atoms with van der Waals surface area (Å²) in [7, 11) is 0. The van der Waals surface area contributed by atoms with Crippen molar-refractivity contribution in [2.75, 3.05) is 6.54 Å². The van der Waals surface area contributed by atoms with Gasteiger partial charge in [-0.15, -0.1) is 0 Å². The second-order valence-corrected chi connectivity index (χ2v) is 6.22. The third-order valence-corrected chi connectivity index (χ3v) is 3.76. The van der Waals surface area contributed by atoms with Crippen molar-refractivity contribution < 1.29 is 9.90 Å². The topological polar surface area (TPSA) is 62.2 Å². The van der Waals surface area contributed by atoms with E-state index in [1.807, 2.05) is 45.0 Å². The Morgan fingerprint density at radius 1 is 1.27 bits per heavy atom. The molecule has 1 amide bonds. The Kier molecular flexibility index (Phi) is 5.14. The Morgan fingerprint density at radius 3 is 2.68 bits per heavy atom. The maximum absolute atomic E-state index is 12.4. The summed E-state index contributed by atoms with van der Waals surface area (Å²) in [5, 5.41) is 13.3. The second-order valence-electron chi connectivity index (χ2n) is 6.22. The molecule has 0 aliphatic carbocycles. The lowest BCUT2D eigenvalue weighted by atomic mass is 10.0. The number of aryl methyl sites for hydroxylation is 2. The van der Waals surface area contributed by atoms with Crippen molar-refractivity contribution in [1.82, 2.24) is 10.3 Å². The first-order chi connectivity index (χ1) is 10.4. The molecule has 0 fully saturated rings. The van der Waals surface area contributed by atoms with E-state index >= 15 is 0 Å². The Balaban J connectivity index is 2.14. The van der Waals surface area contributed by atoms with Gasteiger partial charge in [0.1, 0.15) is 0 Å². The van der Waals surface area contributed by atoms with Crippen molar-refractivity contribution in [3.63, 3.8) is 0 Å². The largest absolute Gasteiger partial charge is 0.393 e. The van der Waals surface area contributed by atoms with E-state index in [0.29, 0.717) is 18.5 Å². The maximum Gasteiger partial charge on any atom is 0.253 e. The summed E-state index contributed by atoms with van der Waals surface area (Å²) in [5.41, 5.74) is 3.42. The molecule has 0 saturated heterocycles. The number of aliphatic hydroxyl groups excluding tert-OH is 1. The minimum atomic E-state index is -0.348. The molecule has 2 aromatic rings. The van der Waals surface area contributed by atoms with Gasteiger partial charge in [0.15, 0.2) is 0 Å². The van der Waals surface area contributed by atoms with Gasteiger partial charge in [-0.25, -0.2) is 0 Å². The Bertz CT molecular complexity index is 680. The van der Waals surface area contributed by atoms with Crippen LogP contribution in [0.4, 0.5) is 0 Å². The van der Waals surface area contributed by atoms with Crippen molar-refractivity contribution in [1.29, 1.82) is 0 Å². The number of fused-ring (bicyclic) bond motifs is 1. The van der Waals surface area contributed by atoms with Crippen LogP contribution in [-0.2, 0) is 0 Å². The van der Waals surface area contributed by atoms with E-state index in [1.165, 1.54) is 0 Å². The van der Waals surface area contributed by atoms with Crippen LogP contribution in [0.5, 0.6) is 0 Å². The third kappa shape index (κ3) is 4.04. The number of nitrogens with one attached hydrogen (secondary N) is 1. The number of amides is 1. The van der Waals surface area contributed by atoms with Crippen LogP contribution >= 0.6 is 0 Å². The predicted octanol–water partition coefficient (Wildman–Crippen LogP) is 2.99. The predicted molar refractivity (Wildman–Crippen MR) is 89.0 cm³/mol. The molecule has 4 nitrogen and oxygen atoms in total. The lowest BCUT2D eigenvalue weighted by Crippen LogP contribution is -2.30. The molecule has 22 heavy (non-hydrogen) atoms. The number of benzene rings is 1. The molecule has 1 heterocycles. The van der Waals surface area contributed by atoms with E-state index in [2.05, 4.69) is 10.3 Å². The molecule has 0 aliphatic heterocycles. The summed E-state index contributed by atoms with van der Waals surface area (Å²) >= 11 is 0. The summed E-state index contributed by atoms with van der Waals surface area (Å²) in [6.45, 7) is 8.21. The summed E-state index contributed by atoms with van der Waals surface area (Å²) in [6, 6.07) is 7.93. The number of hydrogen-bond acceptors (Lipinski definition) is 3. The standard InChI is InChI=1S/C18H24N2O2/c1-11-5-6-15-9-16(14(4)20-17(15)8-11)18(22)19-10-12(2)7-13(3)21/h5-6,8-9,12-13,21H,7,10H2,1-4H3,(H,19,22). The fourth-order valence-corrected chi connectivity index (χ4v) is 2.63. The van der Waals surface area contributed by atoms with Gasteiger partial charge in [0, 0.05) is 11.9 Å². The monoisotopic (exact) mass is 300 g/mol. The van der Waals surface area contributed by atoms with Crippen LogP contribution in [0.1, 0.15) is 41.9 Å². The number of nitrogens with zero attached hydrogens (tertiary/aromatic N) is 1. The molecule has 0 radical (unpaired) electrons. The van der Waals surface area contributed by atoms with E-state index in [4.69, 9.17) is 0 Å². The molecule has 2 unspecified atom stereocenters. The fraction of sp³-hybridized carbons (Fsp3) is 0.444. The smallest absolute Gasteiger partial charge is 0.253 e. The SMILES string of the molecule is Cc1ccc2cc(C(=O)NCC(C)CC(C)O)c(C)nc2c1. The molecule has 2 N–H and O–H groups in total. The molecular weight excluding hydrogens is 276 g/mol. The van der Waals surface area contributed by atoms with E-state index in [9.17, 15) is 9.90 Å². The first-order valence-electron chi connectivity index (χ1n) is 7.71. The van der Waals surface area contributed by atoms with Crippen molar-refractivity contribution in [3.8, 4) is 0 Å². The molecule has 2 rings (SSSR count). The summed E-state index contributed by atoms with van der Waals surface area (Å²) in [5.74, 6) is 0.130. The van der Waals surface area contributed by atoms with Gasteiger partial charge in [0.25, 0.3) is 5.91 Å². The average molecular weight is 300 g/mol. The number of carbonyl (C=O) groups is 1. The molecule has 1 aromatic heterocycles. The zero-order valence-electron chi connectivity index (χ0n) is 13.7. The molecule has 0 aliphatic rings. The minimum Gasteiger partial charge on any atom is -0.393 e. The van der Waals surface area contributed by atoms with Crippen LogP contribution in [0.2, 0.25) is 0 Å². The zero-order valence-corrected chi connectivity index (χ0v) is 13.7. The number of pyridine rings is 1. The quantitative estimate of drug-likeness (QED) is 0.892. The fourth-order valence-electron chi connectivity index (χ4n) is 2.63. The number of hydrogen-bond donors (Lipinski definition) is 2. The Labute approximate surface area is 131 Å². The van der Waals surface area contributed by atoms with Crippen molar-refractivity contribution in [2.24, 2.45) is 5.92 Å². The number of aromatic nitrogens is 1. The second kappa shape index (κ2) is 6.88. The Morgan fingerprint density at radius 2 is 2.00 bits per heavy atom. The molecular formula is C18H24N2O2. The zero-order chi connectivity index (χ0) is 16.3. The van der Waals surface area contributed by atoms with Crippen molar-refractivity contribution in [2.45, 2.75) is 40.2 Å². The molecule has 2 atom stereocenters. The van der Waals surface area contributed by atoms with Gasteiger partial charge in [-0.3, -0.25) is 9.78 Å². The molecule has 118 valence electrons. The molecule has 0 saturated carbocycles. The highest BCUT2D eigenvalue weighted by molar-refractivity contribution is 5.98. The van der Waals surface area contributed by atoms with E-state index in [1.54, 1.807) is 6.92 Å². The number of rotatable bonds is 5. The van der Waals surface area contributed by atoms with Gasteiger partial charge < -0.3 is 10.4 Å². The number of aliphatic hydroxyl groups is 1.